The van der Waals surface area contributed by atoms with Gasteiger partial charge in [0, 0.05) is 0 Å². The molecule has 0 saturated heterocycles. The van der Waals surface area contributed by atoms with Gasteiger partial charge in [0.15, 0.2) is 0 Å². The van der Waals surface area contributed by atoms with Gasteiger partial charge in [0.2, 0.25) is 5.91 Å². The molecule has 1 aliphatic rings. The van der Waals surface area contributed by atoms with Crippen LogP contribution < -0.4 is 5.32 Å². The third kappa shape index (κ3) is 3.12. The highest BCUT2D eigenvalue weighted by Crippen LogP contribution is 2.38. The third-order valence-corrected chi connectivity index (χ3v) is 2.20. The Balaban J connectivity index is 2.30. The number of nitrogens with one attached hydrogen (secondary N) is 1. The van der Waals surface area contributed by atoms with Crippen molar-refractivity contribution >= 4 is 11.9 Å². The lowest BCUT2D eigenvalue weighted by atomic mass is 10.3. The van der Waals surface area contributed by atoms with E-state index in [0.29, 0.717) is 0 Å². The zero-order valence-electron chi connectivity index (χ0n) is 7.74. The lowest BCUT2D eigenvalue weighted by Crippen LogP contribution is -2.40. The first-order chi connectivity index (χ1) is 6.87. The minimum absolute atomic E-state index is 0.186. The molecule has 1 rings (SSSR count). The van der Waals surface area contributed by atoms with Crippen molar-refractivity contribution in [2.24, 2.45) is 11.8 Å². The summed E-state index contributed by atoms with van der Waals surface area (Å²) < 4.78 is 24.9. The van der Waals surface area contributed by atoms with Crippen LogP contribution >= 0.6 is 0 Å². The van der Waals surface area contributed by atoms with Crippen LogP contribution in [0.3, 0.4) is 0 Å². The van der Waals surface area contributed by atoms with Crippen molar-refractivity contribution < 1.29 is 28.6 Å². The van der Waals surface area contributed by atoms with E-state index in [2.05, 4.69) is 0 Å². The Bertz CT molecular complexity index is 282. The number of aliphatic carboxylic acids is 1. The number of hydrogen-bond acceptors (Lipinski definition) is 3. The van der Waals surface area contributed by atoms with Crippen molar-refractivity contribution in [3.05, 3.63) is 0 Å². The van der Waals surface area contributed by atoms with Crippen LogP contribution in [-0.2, 0) is 9.59 Å². The van der Waals surface area contributed by atoms with Gasteiger partial charge in [0.25, 0.3) is 5.92 Å². The van der Waals surface area contributed by atoms with E-state index >= 15 is 0 Å². The summed E-state index contributed by atoms with van der Waals surface area (Å²) in [6, 6.07) is 0. The standard InChI is InChI=1S/C8H11F2NO4/c9-8(10,3-12)2-11-6(13)4-1-5(4)7(14)15/h4-5,12H,1-3H2,(H,11,13)(H,14,15)/t4-,5+/m1/s1. The molecule has 1 aliphatic carbocycles. The number of aliphatic hydroxyl groups is 1. The number of aliphatic hydroxyl groups excluding tert-OH is 1. The van der Waals surface area contributed by atoms with Crippen molar-refractivity contribution in [3.63, 3.8) is 0 Å². The minimum Gasteiger partial charge on any atom is -0.481 e. The minimum atomic E-state index is -3.36. The maximum atomic E-state index is 12.5. The molecular weight excluding hydrogens is 212 g/mol. The quantitative estimate of drug-likeness (QED) is 0.583. The Hall–Kier alpha value is -1.24. The fraction of sp³-hybridized carbons (Fsp3) is 0.750. The number of rotatable bonds is 5. The number of alkyl halides is 2. The average molecular weight is 223 g/mol. The van der Waals surface area contributed by atoms with E-state index in [4.69, 9.17) is 10.2 Å². The van der Waals surface area contributed by atoms with Crippen LogP contribution in [0.1, 0.15) is 6.42 Å². The topological polar surface area (TPSA) is 86.6 Å². The van der Waals surface area contributed by atoms with Crippen LogP contribution in [-0.4, -0.2) is 41.2 Å². The molecule has 3 N–H and O–H groups in total. The van der Waals surface area contributed by atoms with Crippen molar-refractivity contribution in [2.75, 3.05) is 13.2 Å². The Kier molecular flexibility index (Phi) is 3.23. The molecule has 1 saturated carbocycles. The SMILES string of the molecule is O=C(O)[C@H]1C[C@H]1C(=O)NCC(F)(F)CO. The first kappa shape index (κ1) is 11.8. The number of carboxylic acid groups (broad SMARTS) is 1. The second kappa shape index (κ2) is 4.09. The van der Waals surface area contributed by atoms with E-state index < -0.39 is 42.8 Å². The Morgan fingerprint density at radius 2 is 2.00 bits per heavy atom. The van der Waals surface area contributed by atoms with Gasteiger partial charge in [-0.15, -0.1) is 0 Å². The summed E-state index contributed by atoms with van der Waals surface area (Å²) in [6.45, 7) is -2.31. The van der Waals surface area contributed by atoms with Gasteiger partial charge in [-0.25, -0.2) is 8.78 Å². The van der Waals surface area contributed by atoms with Crippen LogP contribution in [0.5, 0.6) is 0 Å². The molecule has 0 aromatic heterocycles. The third-order valence-electron chi connectivity index (χ3n) is 2.20. The molecule has 0 heterocycles. The number of carbonyl (C=O) groups excluding carboxylic acids is 1. The maximum Gasteiger partial charge on any atom is 0.307 e. The van der Waals surface area contributed by atoms with Crippen LogP contribution in [0.4, 0.5) is 8.78 Å². The molecule has 0 spiro atoms. The normalized spacial score (nSPS) is 24.7. The van der Waals surface area contributed by atoms with Gasteiger partial charge >= 0.3 is 5.97 Å². The predicted octanol–water partition coefficient (Wildman–Crippen LogP) is -0.549. The van der Waals surface area contributed by atoms with Gasteiger partial charge in [0.05, 0.1) is 18.4 Å². The van der Waals surface area contributed by atoms with E-state index in [-0.39, 0.29) is 6.42 Å². The van der Waals surface area contributed by atoms with Gasteiger partial charge in [-0.05, 0) is 6.42 Å². The first-order valence-electron chi connectivity index (χ1n) is 4.36. The lowest BCUT2D eigenvalue weighted by molar-refractivity contribution is -0.140. The lowest BCUT2D eigenvalue weighted by Gasteiger charge is -2.13. The summed E-state index contributed by atoms with van der Waals surface area (Å²) in [6.07, 6.45) is 0.186. The van der Waals surface area contributed by atoms with Crippen molar-refractivity contribution in [2.45, 2.75) is 12.3 Å². The summed E-state index contributed by atoms with van der Waals surface area (Å²) in [5.41, 5.74) is 0. The second-order valence-corrected chi connectivity index (χ2v) is 3.52. The smallest absolute Gasteiger partial charge is 0.307 e. The van der Waals surface area contributed by atoms with E-state index in [1.54, 1.807) is 0 Å². The van der Waals surface area contributed by atoms with Gasteiger partial charge < -0.3 is 15.5 Å². The molecule has 86 valence electrons. The Morgan fingerprint density at radius 3 is 2.40 bits per heavy atom. The number of halogens is 2. The van der Waals surface area contributed by atoms with Crippen molar-refractivity contribution in [1.29, 1.82) is 0 Å². The molecule has 0 aliphatic heterocycles. The number of hydrogen-bond donors (Lipinski definition) is 3. The monoisotopic (exact) mass is 223 g/mol. The molecule has 0 aromatic carbocycles. The molecule has 1 amide bonds. The van der Waals surface area contributed by atoms with E-state index in [0.717, 1.165) is 0 Å². The molecule has 15 heavy (non-hydrogen) atoms. The number of amides is 1. The van der Waals surface area contributed by atoms with Gasteiger partial charge in [0.1, 0.15) is 6.61 Å². The second-order valence-electron chi connectivity index (χ2n) is 3.52. The molecule has 0 radical (unpaired) electrons. The molecule has 2 atom stereocenters. The Morgan fingerprint density at radius 1 is 1.40 bits per heavy atom. The Labute approximate surface area is 84.1 Å². The molecule has 5 nitrogen and oxygen atoms in total. The van der Waals surface area contributed by atoms with E-state index in [1.807, 2.05) is 5.32 Å². The average Bonchev–Trinajstić information content (AvgIpc) is 2.94. The van der Waals surface area contributed by atoms with Crippen molar-refractivity contribution in [1.82, 2.24) is 5.32 Å². The van der Waals surface area contributed by atoms with Gasteiger partial charge in [-0.2, -0.15) is 0 Å². The number of carbonyl (C=O) groups is 2. The van der Waals surface area contributed by atoms with E-state index in [9.17, 15) is 18.4 Å². The summed E-state index contributed by atoms with van der Waals surface area (Å²) in [5.74, 6) is -6.62. The van der Waals surface area contributed by atoms with Gasteiger partial charge in [-0.3, -0.25) is 9.59 Å². The summed E-state index contributed by atoms with van der Waals surface area (Å²) in [5, 5.41) is 18.6. The molecule has 1 fully saturated rings. The highest BCUT2D eigenvalue weighted by atomic mass is 19.3. The highest BCUT2D eigenvalue weighted by molar-refractivity contribution is 5.89. The maximum absolute atomic E-state index is 12.5. The summed E-state index contributed by atoms with van der Waals surface area (Å²) in [7, 11) is 0. The fourth-order valence-corrected chi connectivity index (χ4v) is 1.16. The van der Waals surface area contributed by atoms with Gasteiger partial charge in [-0.1, -0.05) is 0 Å². The zero-order valence-corrected chi connectivity index (χ0v) is 7.74. The van der Waals surface area contributed by atoms with Crippen molar-refractivity contribution in [3.8, 4) is 0 Å². The summed E-state index contributed by atoms with van der Waals surface area (Å²) >= 11 is 0. The van der Waals surface area contributed by atoms with E-state index in [1.165, 1.54) is 0 Å². The molecule has 0 aromatic rings. The van der Waals surface area contributed by atoms with Crippen LogP contribution in [0.25, 0.3) is 0 Å². The molecule has 7 heteroatoms. The van der Waals surface area contributed by atoms with Crippen LogP contribution in [0, 0.1) is 11.8 Å². The van der Waals surface area contributed by atoms with Crippen LogP contribution in [0.15, 0.2) is 0 Å². The fourth-order valence-electron chi connectivity index (χ4n) is 1.16. The van der Waals surface area contributed by atoms with Crippen LogP contribution in [0.2, 0.25) is 0 Å². The largest absolute Gasteiger partial charge is 0.481 e. The molecule has 0 bridgehead atoms. The predicted molar refractivity (Wildman–Crippen MR) is 44.3 cm³/mol. The number of carboxylic acids is 1. The highest BCUT2D eigenvalue weighted by Gasteiger charge is 2.48. The molecule has 0 unspecified atom stereocenters. The molecular formula is C8H11F2NO4. The zero-order chi connectivity index (χ0) is 11.6. The first-order valence-corrected chi connectivity index (χ1v) is 4.36. The summed E-state index contributed by atoms with van der Waals surface area (Å²) in [4.78, 5) is 21.5.